The van der Waals surface area contributed by atoms with E-state index in [0.29, 0.717) is 12.1 Å². The normalized spacial score (nSPS) is 14.9. The maximum Gasteiger partial charge on any atom is 0.326 e. The molecule has 1 rings (SSSR count). The van der Waals surface area contributed by atoms with Crippen LogP contribution in [0, 0.1) is 5.92 Å². The number of aliphatic hydroxyl groups is 3. The molecule has 0 aliphatic heterocycles. The number of hydrogen-bond donors (Lipinski definition) is 20. The van der Waals surface area contributed by atoms with Crippen LogP contribution in [0.4, 0.5) is 0 Å². The molecule has 75 heavy (non-hydrogen) atoms. The number of aromatic nitrogens is 2. The molecule has 8 amide bonds. The van der Waals surface area contributed by atoms with Gasteiger partial charge < -0.3 is 108 Å². The lowest BCUT2D eigenvalue weighted by molar-refractivity contribution is -0.143. The first-order valence-electron chi connectivity index (χ1n) is 23.7. The quantitative estimate of drug-likeness (QED) is 0.0170. The van der Waals surface area contributed by atoms with E-state index in [1.165, 1.54) is 26.4 Å². The molecule has 0 fully saturated rings. The third kappa shape index (κ3) is 25.5. The highest BCUT2D eigenvalue weighted by molar-refractivity contribution is 5.98. The van der Waals surface area contributed by atoms with E-state index in [1.807, 2.05) is 0 Å². The molecule has 0 aliphatic carbocycles. The Labute approximate surface area is 431 Å². The zero-order chi connectivity index (χ0) is 56.9. The number of guanidine groups is 3. The van der Waals surface area contributed by atoms with Crippen molar-refractivity contribution in [1.29, 1.82) is 0 Å². The van der Waals surface area contributed by atoms with Crippen LogP contribution in [-0.2, 0) is 49.6 Å². The number of carbonyl (C=O) groups excluding carboxylic acids is 8. The number of aliphatic imine (C=N–C) groups is 3. The van der Waals surface area contributed by atoms with E-state index in [9.17, 15) is 63.6 Å². The Morgan fingerprint density at radius 3 is 1.47 bits per heavy atom. The molecule has 1 aromatic rings. The average molecular weight is 1070 g/mol. The molecular weight excluding hydrogens is 993 g/mol. The number of carboxylic acid groups (broad SMARTS) is 1. The number of carboxylic acids is 1. The van der Waals surface area contributed by atoms with Crippen LogP contribution in [0.15, 0.2) is 27.5 Å². The van der Waals surface area contributed by atoms with Crippen molar-refractivity contribution in [3.63, 3.8) is 0 Å². The second-order valence-corrected chi connectivity index (χ2v) is 17.5. The number of aromatic amines is 1. The molecule has 0 unspecified atom stereocenters. The van der Waals surface area contributed by atoms with Gasteiger partial charge in [-0.25, -0.2) is 9.78 Å². The van der Waals surface area contributed by atoms with Gasteiger partial charge in [0.25, 0.3) is 0 Å². The summed E-state index contributed by atoms with van der Waals surface area (Å²) in [6.45, 7) is 3.77. The summed E-state index contributed by atoms with van der Waals surface area (Å²) in [5.41, 5.74) is 38.3. The molecule has 10 atom stereocenters. The van der Waals surface area contributed by atoms with E-state index in [2.05, 4.69) is 67.5 Å². The highest BCUT2D eigenvalue weighted by Crippen LogP contribution is 2.09. The van der Waals surface area contributed by atoms with Crippen LogP contribution in [-0.4, -0.2) is 195 Å². The van der Waals surface area contributed by atoms with Crippen molar-refractivity contribution < 1.29 is 63.6 Å². The van der Waals surface area contributed by atoms with Gasteiger partial charge in [0.1, 0.15) is 42.3 Å². The Morgan fingerprint density at radius 1 is 0.573 bits per heavy atom. The van der Waals surface area contributed by atoms with Gasteiger partial charge in [-0.3, -0.25) is 53.3 Å². The highest BCUT2D eigenvalue weighted by atomic mass is 16.4. The first kappa shape index (κ1) is 65.1. The van der Waals surface area contributed by atoms with Gasteiger partial charge in [0.05, 0.1) is 37.7 Å². The zero-order valence-corrected chi connectivity index (χ0v) is 42.3. The first-order chi connectivity index (χ1) is 35.2. The van der Waals surface area contributed by atoms with Crippen LogP contribution >= 0.6 is 0 Å². The van der Waals surface area contributed by atoms with E-state index in [4.69, 9.17) is 40.1 Å². The van der Waals surface area contributed by atoms with Crippen LogP contribution in [0.3, 0.4) is 0 Å². The lowest BCUT2D eigenvalue weighted by Crippen LogP contribution is -2.63. The third-order valence-electron chi connectivity index (χ3n) is 10.7. The number of rotatable bonds is 35. The Balaban J connectivity index is 3.18. The Kier molecular flexibility index (Phi) is 29.3. The number of amides is 8. The average Bonchev–Trinajstić information content (AvgIpc) is 3.85. The number of nitrogens with zero attached hydrogens (tertiary/aromatic N) is 4. The van der Waals surface area contributed by atoms with Gasteiger partial charge in [-0.15, -0.1) is 0 Å². The maximum atomic E-state index is 13.8. The largest absolute Gasteiger partial charge is 0.480 e. The van der Waals surface area contributed by atoms with Gasteiger partial charge in [-0.2, -0.15) is 0 Å². The molecule has 0 aromatic carbocycles. The fourth-order valence-corrected chi connectivity index (χ4v) is 6.64. The van der Waals surface area contributed by atoms with Crippen molar-refractivity contribution >= 4 is 71.1 Å². The van der Waals surface area contributed by atoms with Crippen LogP contribution in [0.25, 0.3) is 0 Å². The molecule has 0 radical (unpaired) electrons. The van der Waals surface area contributed by atoms with Gasteiger partial charge in [0, 0.05) is 37.9 Å². The summed E-state index contributed by atoms with van der Waals surface area (Å²) in [5.74, 6) is -10.6. The number of carbonyl (C=O) groups is 9. The summed E-state index contributed by atoms with van der Waals surface area (Å²) in [6.07, 6.45) is -0.234. The second-order valence-electron chi connectivity index (χ2n) is 17.5. The molecule has 0 spiro atoms. The van der Waals surface area contributed by atoms with Gasteiger partial charge in [0.15, 0.2) is 17.9 Å². The molecular formula is C42H76N20O13. The molecule has 27 N–H and O–H groups in total. The zero-order valence-electron chi connectivity index (χ0n) is 42.3. The number of aliphatic hydroxyl groups excluding tert-OH is 3. The summed E-state index contributed by atoms with van der Waals surface area (Å²) in [5, 5.41) is 59.7. The fourth-order valence-electron chi connectivity index (χ4n) is 6.64. The monoisotopic (exact) mass is 1070 g/mol. The summed E-state index contributed by atoms with van der Waals surface area (Å²) in [7, 11) is 0. The van der Waals surface area contributed by atoms with Crippen LogP contribution in [0.1, 0.15) is 71.9 Å². The number of imidazole rings is 1. The SMILES string of the molecule is CC(C)[C@H](NC(=O)[C@@H](NC(=O)[C@H](CO)NC(=O)[C@@H](NC(=O)[C@H](Cc1cnc[nH]1)NC(=O)CNC(=O)[C@H](CCCN=C(N)N)NC(=O)[C@@H](N)CCCN=C(N)N)[C@@H](C)O)[C@@H](C)O)C(=O)N[C@@H](CCCN=C(N)N)C(=O)O. The van der Waals surface area contributed by atoms with E-state index in [-0.39, 0.29) is 76.0 Å². The van der Waals surface area contributed by atoms with E-state index in [0.717, 1.165) is 13.8 Å². The third-order valence-corrected chi connectivity index (χ3v) is 10.7. The lowest BCUT2D eigenvalue weighted by Gasteiger charge is -2.29. The Hall–Kier alpha value is -7.91. The molecule has 0 saturated heterocycles. The number of H-pyrrole nitrogens is 1. The summed E-state index contributed by atoms with van der Waals surface area (Å²) in [6, 6.07) is -12.2. The molecule has 422 valence electrons. The summed E-state index contributed by atoms with van der Waals surface area (Å²) >= 11 is 0. The molecule has 1 heterocycles. The van der Waals surface area contributed by atoms with E-state index in [1.54, 1.807) is 0 Å². The standard InChI is InChI=1S/C42H76N20O13/c1-19(2)29(36(71)58-25(39(74)75)10-7-13-53-42(48)49)60-38(73)31(21(4)65)62-35(70)27(17-63)59-37(72)30(20(3)64)61-34(69)26(14-22-15-50-18-55-22)56-28(66)16-54-33(68)24(9-6-12-52-41(46)47)57-32(67)23(43)8-5-11-51-40(44)45/h15,18-21,23-27,29-31,63-65H,5-14,16-17,43H2,1-4H3,(H,50,55)(H,54,68)(H,56,66)(H,57,67)(H,58,71)(H,59,72)(H,60,73)(H,61,69)(H,62,70)(H,74,75)(H4,44,45,51)(H4,46,47,52)(H4,48,49,53)/t20-,21-,23+,24+,25+,26+,27+,29+,30+,31+/m1/s1. The fraction of sp³-hybridized carbons (Fsp3) is 0.643. The molecule has 0 aliphatic rings. The predicted molar refractivity (Wildman–Crippen MR) is 269 cm³/mol. The minimum Gasteiger partial charge on any atom is -0.480 e. The molecule has 0 saturated carbocycles. The van der Waals surface area contributed by atoms with Crippen molar-refractivity contribution in [1.82, 2.24) is 52.5 Å². The van der Waals surface area contributed by atoms with E-state index < -0.39 is 133 Å². The van der Waals surface area contributed by atoms with Crippen LogP contribution < -0.4 is 82.7 Å². The second kappa shape index (κ2) is 33.7. The maximum absolute atomic E-state index is 13.8. The molecule has 0 bridgehead atoms. The molecule has 1 aromatic heterocycles. The Morgan fingerprint density at radius 2 is 1.01 bits per heavy atom. The number of nitrogens with one attached hydrogen (secondary N) is 9. The minimum atomic E-state index is -1.89. The predicted octanol–water partition coefficient (Wildman–Crippen LogP) is -9.56. The van der Waals surface area contributed by atoms with Crippen molar-refractivity contribution in [3.05, 3.63) is 18.2 Å². The van der Waals surface area contributed by atoms with Gasteiger partial charge in [-0.05, 0) is 58.3 Å². The van der Waals surface area contributed by atoms with Crippen LogP contribution in [0.2, 0.25) is 0 Å². The lowest BCUT2D eigenvalue weighted by atomic mass is 10.0. The van der Waals surface area contributed by atoms with Gasteiger partial charge >= 0.3 is 5.97 Å². The van der Waals surface area contributed by atoms with E-state index >= 15 is 0 Å². The van der Waals surface area contributed by atoms with Gasteiger partial charge in [0.2, 0.25) is 47.3 Å². The number of aliphatic carboxylic acids is 1. The Bertz CT molecular complexity index is 2130. The van der Waals surface area contributed by atoms with Gasteiger partial charge in [-0.1, -0.05) is 13.8 Å². The van der Waals surface area contributed by atoms with Crippen LogP contribution in [0.5, 0.6) is 0 Å². The first-order valence-corrected chi connectivity index (χ1v) is 23.7. The highest BCUT2D eigenvalue weighted by Gasteiger charge is 2.37. The molecule has 33 nitrogen and oxygen atoms in total. The van der Waals surface area contributed by atoms with Crippen molar-refractivity contribution in [2.45, 2.75) is 133 Å². The summed E-state index contributed by atoms with van der Waals surface area (Å²) in [4.78, 5) is 137. The number of hydrogen-bond acceptors (Lipinski definition) is 17. The summed E-state index contributed by atoms with van der Waals surface area (Å²) < 4.78 is 0. The smallest absolute Gasteiger partial charge is 0.326 e. The topological polar surface area (TPSA) is 579 Å². The van der Waals surface area contributed by atoms with Crippen molar-refractivity contribution in [3.8, 4) is 0 Å². The van der Waals surface area contributed by atoms with Crippen molar-refractivity contribution in [2.24, 2.45) is 61.0 Å². The minimum absolute atomic E-state index is 0.00201. The number of nitrogens with two attached hydrogens (primary N) is 7. The van der Waals surface area contributed by atoms with Crippen molar-refractivity contribution in [2.75, 3.05) is 32.8 Å². The molecule has 33 heteroatoms.